The fourth-order valence-corrected chi connectivity index (χ4v) is 4.31. The first-order valence-corrected chi connectivity index (χ1v) is 8.95. The summed E-state index contributed by atoms with van der Waals surface area (Å²) < 4.78 is 5.59. The molecule has 2 nitrogen and oxygen atoms in total. The summed E-state index contributed by atoms with van der Waals surface area (Å²) in [6, 6.07) is 13.5. The van der Waals surface area contributed by atoms with Crippen molar-refractivity contribution >= 4 is 5.69 Å². The van der Waals surface area contributed by atoms with E-state index >= 15 is 0 Å². The first kappa shape index (κ1) is 15.3. The van der Waals surface area contributed by atoms with Gasteiger partial charge < -0.3 is 10.1 Å². The standard InChI is InChI=1S/C22H25NO/c1-4-24-17-12-10-16(11-13-17)22-19-7-5-6-18(19)20-14(2)8-9-15(3)21(20)23-22/h5-6,8-13,18-19,22-23H,4,7H2,1-3H3. The molecule has 2 aromatic rings. The van der Waals surface area contributed by atoms with Crippen LogP contribution < -0.4 is 10.1 Å². The van der Waals surface area contributed by atoms with Gasteiger partial charge in [0.15, 0.2) is 0 Å². The van der Waals surface area contributed by atoms with Gasteiger partial charge >= 0.3 is 0 Å². The first-order chi connectivity index (χ1) is 11.7. The molecule has 0 radical (unpaired) electrons. The van der Waals surface area contributed by atoms with Gasteiger partial charge in [-0.15, -0.1) is 0 Å². The third-order valence-corrected chi connectivity index (χ3v) is 5.50. The van der Waals surface area contributed by atoms with Crippen molar-refractivity contribution in [3.63, 3.8) is 0 Å². The number of ether oxygens (including phenoxy) is 1. The Kier molecular flexibility index (Phi) is 3.84. The molecule has 4 rings (SSSR count). The second-order valence-electron chi connectivity index (χ2n) is 6.97. The van der Waals surface area contributed by atoms with Crippen molar-refractivity contribution in [3.8, 4) is 5.75 Å². The number of anilines is 1. The van der Waals surface area contributed by atoms with Crippen LogP contribution in [0, 0.1) is 19.8 Å². The average Bonchev–Trinajstić information content (AvgIpc) is 3.08. The van der Waals surface area contributed by atoms with E-state index in [2.05, 4.69) is 67.7 Å². The number of hydrogen-bond acceptors (Lipinski definition) is 2. The molecule has 124 valence electrons. The van der Waals surface area contributed by atoms with E-state index in [1.807, 2.05) is 6.92 Å². The van der Waals surface area contributed by atoms with Crippen LogP contribution in [0.4, 0.5) is 5.69 Å². The van der Waals surface area contributed by atoms with E-state index in [0.29, 0.717) is 24.5 Å². The van der Waals surface area contributed by atoms with Gasteiger partial charge in [-0.1, -0.05) is 36.4 Å². The highest BCUT2D eigenvalue weighted by atomic mass is 16.5. The minimum atomic E-state index is 0.355. The van der Waals surface area contributed by atoms with Crippen LogP contribution in [0.2, 0.25) is 0 Å². The summed E-state index contributed by atoms with van der Waals surface area (Å²) in [4.78, 5) is 0. The summed E-state index contributed by atoms with van der Waals surface area (Å²) in [5.74, 6) is 2.07. The number of rotatable bonds is 3. The Morgan fingerprint density at radius 3 is 2.54 bits per heavy atom. The molecule has 0 amide bonds. The lowest BCUT2D eigenvalue weighted by Gasteiger charge is -2.39. The van der Waals surface area contributed by atoms with E-state index in [1.54, 1.807) is 0 Å². The van der Waals surface area contributed by atoms with Crippen LogP contribution in [0.1, 0.15) is 47.6 Å². The van der Waals surface area contributed by atoms with Gasteiger partial charge in [0.1, 0.15) is 5.75 Å². The van der Waals surface area contributed by atoms with E-state index in [0.717, 1.165) is 12.2 Å². The molecular weight excluding hydrogens is 294 g/mol. The molecule has 0 fully saturated rings. The molecule has 2 aromatic carbocycles. The van der Waals surface area contributed by atoms with E-state index in [4.69, 9.17) is 4.74 Å². The highest BCUT2D eigenvalue weighted by Crippen LogP contribution is 2.51. The van der Waals surface area contributed by atoms with Gasteiger partial charge in [0.2, 0.25) is 0 Å². The molecule has 2 heteroatoms. The van der Waals surface area contributed by atoms with Gasteiger partial charge in [0, 0.05) is 11.6 Å². The van der Waals surface area contributed by atoms with Crippen LogP contribution in [-0.2, 0) is 0 Å². The Bertz CT molecular complexity index is 775. The normalized spacial score (nSPS) is 24.2. The van der Waals surface area contributed by atoms with Crippen LogP contribution >= 0.6 is 0 Å². The van der Waals surface area contributed by atoms with Gasteiger partial charge in [-0.25, -0.2) is 0 Å². The monoisotopic (exact) mass is 319 g/mol. The van der Waals surface area contributed by atoms with Crippen LogP contribution in [0.3, 0.4) is 0 Å². The molecule has 0 saturated heterocycles. The van der Waals surface area contributed by atoms with Crippen LogP contribution in [0.25, 0.3) is 0 Å². The summed E-state index contributed by atoms with van der Waals surface area (Å²) in [6.07, 6.45) is 5.91. The van der Waals surface area contributed by atoms with Crippen LogP contribution in [0.15, 0.2) is 48.6 Å². The van der Waals surface area contributed by atoms with E-state index in [9.17, 15) is 0 Å². The molecule has 0 aromatic heterocycles. The SMILES string of the molecule is CCOc1ccc(C2Nc3c(C)ccc(C)c3C3C=CCC32)cc1. The van der Waals surface area contributed by atoms with Crippen molar-refractivity contribution < 1.29 is 4.74 Å². The number of aryl methyl sites for hydroxylation is 2. The largest absolute Gasteiger partial charge is 0.494 e. The zero-order valence-electron chi connectivity index (χ0n) is 14.7. The fraction of sp³-hybridized carbons (Fsp3) is 0.364. The Labute approximate surface area is 144 Å². The van der Waals surface area contributed by atoms with Gasteiger partial charge in [-0.2, -0.15) is 0 Å². The van der Waals surface area contributed by atoms with Gasteiger partial charge in [0.25, 0.3) is 0 Å². The third-order valence-electron chi connectivity index (χ3n) is 5.50. The van der Waals surface area contributed by atoms with Crippen molar-refractivity contribution in [2.75, 3.05) is 11.9 Å². The molecule has 2 aliphatic rings. The van der Waals surface area contributed by atoms with E-state index < -0.39 is 0 Å². The number of nitrogens with one attached hydrogen (secondary N) is 1. The summed E-state index contributed by atoms with van der Waals surface area (Å²) in [6.45, 7) is 7.18. The second-order valence-corrected chi connectivity index (χ2v) is 6.97. The minimum absolute atomic E-state index is 0.355. The lowest BCUT2D eigenvalue weighted by molar-refractivity contribution is 0.340. The van der Waals surface area contributed by atoms with Gasteiger partial charge in [0.05, 0.1) is 12.6 Å². The number of allylic oxidation sites excluding steroid dienone is 2. The van der Waals surface area contributed by atoms with Crippen molar-refractivity contribution in [2.45, 2.75) is 39.2 Å². The Balaban J connectivity index is 1.74. The van der Waals surface area contributed by atoms with Crippen molar-refractivity contribution in [1.29, 1.82) is 0 Å². The summed E-state index contributed by atoms with van der Waals surface area (Å²) in [5.41, 5.74) is 6.92. The Morgan fingerprint density at radius 2 is 1.79 bits per heavy atom. The summed E-state index contributed by atoms with van der Waals surface area (Å²) >= 11 is 0. The van der Waals surface area contributed by atoms with E-state index in [1.165, 1.54) is 27.9 Å². The van der Waals surface area contributed by atoms with Gasteiger partial charge in [-0.05, 0) is 67.5 Å². The second kappa shape index (κ2) is 6.01. The predicted molar refractivity (Wildman–Crippen MR) is 99.9 cm³/mol. The number of hydrogen-bond donors (Lipinski definition) is 1. The third kappa shape index (κ3) is 2.41. The number of benzene rings is 2. The molecule has 1 N–H and O–H groups in total. The zero-order chi connectivity index (χ0) is 16.7. The zero-order valence-corrected chi connectivity index (χ0v) is 14.7. The first-order valence-electron chi connectivity index (χ1n) is 8.95. The Morgan fingerprint density at radius 1 is 1.04 bits per heavy atom. The summed E-state index contributed by atoms with van der Waals surface area (Å²) in [7, 11) is 0. The summed E-state index contributed by atoms with van der Waals surface area (Å²) in [5, 5.41) is 3.86. The highest BCUT2D eigenvalue weighted by Gasteiger charge is 2.39. The van der Waals surface area contributed by atoms with Crippen molar-refractivity contribution in [1.82, 2.24) is 0 Å². The minimum Gasteiger partial charge on any atom is -0.494 e. The fourth-order valence-electron chi connectivity index (χ4n) is 4.31. The van der Waals surface area contributed by atoms with Crippen LogP contribution in [-0.4, -0.2) is 6.61 Å². The molecule has 1 heterocycles. The molecule has 0 bridgehead atoms. The smallest absolute Gasteiger partial charge is 0.119 e. The maximum atomic E-state index is 5.59. The van der Waals surface area contributed by atoms with E-state index in [-0.39, 0.29) is 0 Å². The molecule has 1 aliphatic heterocycles. The molecule has 0 saturated carbocycles. The maximum absolute atomic E-state index is 5.59. The maximum Gasteiger partial charge on any atom is 0.119 e. The molecule has 1 aliphatic carbocycles. The lowest BCUT2D eigenvalue weighted by Crippen LogP contribution is -2.30. The molecule has 24 heavy (non-hydrogen) atoms. The highest BCUT2D eigenvalue weighted by molar-refractivity contribution is 5.66. The molecule has 3 atom stereocenters. The number of fused-ring (bicyclic) bond motifs is 3. The topological polar surface area (TPSA) is 21.3 Å². The average molecular weight is 319 g/mol. The predicted octanol–water partition coefficient (Wildman–Crippen LogP) is 5.53. The Hall–Kier alpha value is -2.22. The van der Waals surface area contributed by atoms with Gasteiger partial charge in [-0.3, -0.25) is 0 Å². The van der Waals surface area contributed by atoms with Crippen molar-refractivity contribution in [2.24, 2.45) is 5.92 Å². The van der Waals surface area contributed by atoms with Crippen molar-refractivity contribution in [3.05, 3.63) is 70.8 Å². The van der Waals surface area contributed by atoms with Crippen LogP contribution in [0.5, 0.6) is 5.75 Å². The lowest BCUT2D eigenvalue weighted by atomic mass is 9.75. The quantitative estimate of drug-likeness (QED) is 0.751. The molecule has 3 unspecified atom stereocenters. The molecule has 0 spiro atoms. The molecular formula is C22H25NO.